The molecular formula is C52H36N4O2. The predicted molar refractivity (Wildman–Crippen MR) is 239 cm³/mol. The summed E-state index contributed by atoms with van der Waals surface area (Å²) < 4.78 is 4.42. The molecule has 0 amide bonds. The molecule has 4 heterocycles. The first kappa shape index (κ1) is 33.9. The average molecular weight is 749 g/mol. The highest BCUT2D eigenvalue weighted by atomic mass is 16.1. The van der Waals surface area contributed by atoms with Gasteiger partial charge in [0.25, 0.3) is 0 Å². The molecule has 11 rings (SSSR count). The Kier molecular flexibility index (Phi) is 7.32. The van der Waals surface area contributed by atoms with E-state index in [0.29, 0.717) is 38.4 Å². The molecule has 0 aliphatic heterocycles. The Labute approximate surface area is 333 Å². The van der Waals surface area contributed by atoms with Gasteiger partial charge in [-0.25, -0.2) is 9.97 Å². The van der Waals surface area contributed by atoms with Crippen molar-refractivity contribution in [3.8, 4) is 39.6 Å². The number of nitrogens with zero attached hydrogens (tertiary/aromatic N) is 4. The van der Waals surface area contributed by atoms with E-state index in [0.717, 1.165) is 50.3 Å². The van der Waals surface area contributed by atoms with E-state index in [2.05, 4.69) is 67.0 Å². The summed E-state index contributed by atoms with van der Waals surface area (Å²) in [5, 5.41) is 4.53. The third kappa shape index (κ3) is 4.98. The molecule has 0 N–H and O–H groups in total. The summed E-state index contributed by atoms with van der Waals surface area (Å²) in [7, 11) is 0. The molecule has 0 saturated carbocycles. The van der Waals surface area contributed by atoms with Gasteiger partial charge in [0.1, 0.15) is 0 Å². The second-order valence-electron chi connectivity index (χ2n) is 15.6. The van der Waals surface area contributed by atoms with Crippen molar-refractivity contribution in [2.45, 2.75) is 27.7 Å². The van der Waals surface area contributed by atoms with Gasteiger partial charge < -0.3 is 8.97 Å². The highest BCUT2D eigenvalue weighted by molar-refractivity contribution is 6.13. The van der Waals surface area contributed by atoms with E-state index < -0.39 is 0 Å². The molecule has 0 bridgehead atoms. The molecule has 0 aliphatic carbocycles. The zero-order valence-electron chi connectivity index (χ0n) is 32.5. The van der Waals surface area contributed by atoms with E-state index in [4.69, 9.17) is 9.97 Å². The van der Waals surface area contributed by atoms with Crippen molar-refractivity contribution in [3.05, 3.63) is 188 Å². The van der Waals surface area contributed by atoms with E-state index in [9.17, 15) is 9.59 Å². The summed E-state index contributed by atoms with van der Waals surface area (Å²) in [6, 6.07) is 48.7. The zero-order chi connectivity index (χ0) is 39.4. The fourth-order valence-electron chi connectivity index (χ4n) is 9.28. The van der Waals surface area contributed by atoms with Crippen molar-refractivity contribution in [2.24, 2.45) is 0 Å². The maximum absolute atomic E-state index is 14.7. The fraction of sp³-hybridized carbons (Fsp3) is 0.0769. The van der Waals surface area contributed by atoms with Crippen LogP contribution in [0.5, 0.6) is 0 Å². The number of fused-ring (bicyclic) bond motifs is 7. The Morgan fingerprint density at radius 3 is 1.57 bits per heavy atom. The van der Waals surface area contributed by atoms with Gasteiger partial charge in [0.2, 0.25) is 0 Å². The fourth-order valence-corrected chi connectivity index (χ4v) is 9.28. The monoisotopic (exact) mass is 748 g/mol. The van der Waals surface area contributed by atoms with E-state index in [1.807, 2.05) is 115 Å². The van der Waals surface area contributed by atoms with E-state index in [1.54, 1.807) is 0 Å². The van der Waals surface area contributed by atoms with Gasteiger partial charge in [0.05, 0.1) is 39.0 Å². The summed E-state index contributed by atoms with van der Waals surface area (Å²) in [6.07, 6.45) is 0. The van der Waals surface area contributed by atoms with Crippen LogP contribution in [0, 0.1) is 27.7 Å². The van der Waals surface area contributed by atoms with Crippen LogP contribution in [0.15, 0.2) is 155 Å². The molecule has 0 saturated heterocycles. The minimum atomic E-state index is -0.117. The molecule has 6 heteroatoms. The Balaban J connectivity index is 1.22. The standard InChI is InChI=1S/C52H36N4O2/c1-29-22-31(3)47-40(24-29)41-25-30(2)23-32(4)48(41)55(47)36-19-21-45-42(27-36)51(58)39-17-11-16-38-49(39)56(45)46-26-35(18-20-37(46)50(38)57)52-53-43(33-12-7-5-8-13-33)28-44(54-52)34-14-9-6-10-15-34/h5-28H,1-4H3. The number of aromatic nitrogens is 4. The van der Waals surface area contributed by atoms with E-state index in [-0.39, 0.29) is 10.9 Å². The molecule has 58 heavy (non-hydrogen) atoms. The van der Waals surface area contributed by atoms with Gasteiger partial charge in [-0.3, -0.25) is 9.59 Å². The molecule has 11 aromatic rings. The van der Waals surface area contributed by atoms with Crippen molar-refractivity contribution >= 4 is 59.9 Å². The molecule has 7 aromatic carbocycles. The van der Waals surface area contributed by atoms with Gasteiger partial charge in [-0.1, -0.05) is 96.1 Å². The van der Waals surface area contributed by atoms with Crippen LogP contribution >= 0.6 is 0 Å². The molecular weight excluding hydrogens is 713 g/mol. The first-order chi connectivity index (χ1) is 28.2. The summed E-state index contributed by atoms with van der Waals surface area (Å²) in [5.41, 5.74) is 14.1. The van der Waals surface area contributed by atoms with Gasteiger partial charge in [-0.15, -0.1) is 0 Å². The number of rotatable bonds is 4. The van der Waals surface area contributed by atoms with E-state index >= 15 is 0 Å². The maximum atomic E-state index is 14.7. The van der Waals surface area contributed by atoms with Gasteiger partial charge >= 0.3 is 0 Å². The Morgan fingerprint density at radius 2 is 0.983 bits per heavy atom. The van der Waals surface area contributed by atoms with Crippen LogP contribution in [-0.2, 0) is 0 Å². The van der Waals surface area contributed by atoms with Crippen LogP contribution in [0.1, 0.15) is 22.3 Å². The van der Waals surface area contributed by atoms with Crippen molar-refractivity contribution in [3.63, 3.8) is 0 Å². The van der Waals surface area contributed by atoms with Crippen molar-refractivity contribution in [1.82, 2.24) is 18.9 Å². The first-order valence-corrected chi connectivity index (χ1v) is 19.6. The maximum Gasteiger partial charge on any atom is 0.197 e. The number of hydrogen-bond acceptors (Lipinski definition) is 4. The second-order valence-corrected chi connectivity index (χ2v) is 15.6. The summed E-state index contributed by atoms with van der Waals surface area (Å²) >= 11 is 0. The lowest BCUT2D eigenvalue weighted by Crippen LogP contribution is -2.14. The topological polar surface area (TPSA) is 69.3 Å². The molecule has 0 fully saturated rings. The summed E-state index contributed by atoms with van der Waals surface area (Å²) in [6.45, 7) is 8.61. The Hall–Kier alpha value is -7.44. The van der Waals surface area contributed by atoms with Gasteiger partial charge in [0.15, 0.2) is 16.7 Å². The Bertz CT molecular complexity index is 3520. The van der Waals surface area contributed by atoms with E-state index in [1.165, 1.54) is 33.0 Å². The van der Waals surface area contributed by atoms with Gasteiger partial charge in [0, 0.05) is 54.7 Å². The third-order valence-corrected chi connectivity index (χ3v) is 11.7. The van der Waals surface area contributed by atoms with Gasteiger partial charge in [-0.05, 0) is 99.5 Å². The SMILES string of the molecule is Cc1cc(C)c2c(c1)c1cc(C)cc(C)c1n2-c1ccc2c(c1)c(=O)c1cccc3c(=O)c4ccc(-c5nc(-c6ccccc6)cc(-c6ccccc6)n5)cc4n2c13. The lowest BCUT2D eigenvalue weighted by atomic mass is 10.0. The molecule has 276 valence electrons. The van der Waals surface area contributed by atoms with Crippen LogP contribution < -0.4 is 10.9 Å². The third-order valence-electron chi connectivity index (χ3n) is 11.7. The van der Waals surface area contributed by atoms with Crippen LogP contribution in [0.3, 0.4) is 0 Å². The molecule has 6 nitrogen and oxygen atoms in total. The van der Waals surface area contributed by atoms with Crippen molar-refractivity contribution in [2.75, 3.05) is 0 Å². The average Bonchev–Trinajstić information content (AvgIpc) is 3.58. The van der Waals surface area contributed by atoms with Gasteiger partial charge in [-0.2, -0.15) is 0 Å². The minimum Gasteiger partial charge on any atom is -0.309 e. The molecule has 0 radical (unpaired) electrons. The number of pyridine rings is 2. The largest absolute Gasteiger partial charge is 0.309 e. The van der Waals surface area contributed by atoms with Crippen LogP contribution in [-0.4, -0.2) is 18.9 Å². The smallest absolute Gasteiger partial charge is 0.197 e. The quantitative estimate of drug-likeness (QED) is 0.133. The van der Waals surface area contributed by atoms with Crippen molar-refractivity contribution in [1.29, 1.82) is 0 Å². The summed E-state index contributed by atoms with van der Waals surface area (Å²) in [5.74, 6) is 0.542. The highest BCUT2D eigenvalue weighted by Gasteiger charge is 2.21. The lowest BCUT2D eigenvalue weighted by molar-refractivity contribution is 1.15. The summed E-state index contributed by atoms with van der Waals surface area (Å²) in [4.78, 5) is 39.2. The number of benzene rings is 7. The number of aryl methyl sites for hydroxylation is 4. The second kappa shape index (κ2) is 12.5. The molecule has 0 atom stereocenters. The Morgan fingerprint density at radius 1 is 0.414 bits per heavy atom. The van der Waals surface area contributed by atoms with Crippen molar-refractivity contribution < 1.29 is 0 Å². The normalized spacial score (nSPS) is 11.9. The molecule has 0 aliphatic rings. The minimum absolute atomic E-state index is 0.107. The lowest BCUT2D eigenvalue weighted by Gasteiger charge is -2.17. The van der Waals surface area contributed by atoms with Crippen LogP contribution in [0.4, 0.5) is 0 Å². The number of hydrogen-bond donors (Lipinski definition) is 0. The van der Waals surface area contributed by atoms with Crippen LogP contribution in [0.25, 0.3) is 99.5 Å². The molecule has 4 aromatic heterocycles. The highest BCUT2D eigenvalue weighted by Crippen LogP contribution is 2.38. The predicted octanol–water partition coefficient (Wildman–Crippen LogP) is 11.7. The van der Waals surface area contributed by atoms with Crippen LogP contribution in [0.2, 0.25) is 0 Å². The first-order valence-electron chi connectivity index (χ1n) is 19.6. The zero-order valence-corrected chi connectivity index (χ0v) is 32.5. The number of para-hydroxylation sites is 1. The molecule has 0 spiro atoms. The molecule has 0 unspecified atom stereocenters.